The van der Waals surface area contributed by atoms with Crippen LogP contribution in [0.5, 0.6) is 0 Å². The Morgan fingerprint density at radius 2 is 2.19 bits per heavy atom. The van der Waals surface area contributed by atoms with Gasteiger partial charge in [-0.25, -0.2) is 9.97 Å². The van der Waals surface area contributed by atoms with Crippen molar-refractivity contribution in [3.05, 3.63) is 35.6 Å². The second kappa shape index (κ2) is 5.02. The lowest BCUT2D eigenvalue weighted by molar-refractivity contribution is 0.0912. The quantitative estimate of drug-likeness (QED) is 0.938. The summed E-state index contributed by atoms with van der Waals surface area (Å²) in [6, 6.07) is 0. The Bertz CT molecular complexity index is 664. The molecule has 1 N–H and O–H groups in total. The van der Waals surface area contributed by atoms with E-state index in [2.05, 4.69) is 19.9 Å². The molecule has 0 unspecified atom stereocenters. The molecule has 1 aliphatic rings. The maximum Gasteiger partial charge on any atom is 0.307 e. The summed E-state index contributed by atoms with van der Waals surface area (Å²) in [4.78, 5) is 20.5. The molecule has 0 spiro atoms. The monoisotopic (exact) mass is 288 g/mol. The number of fused-ring (bicyclic) bond motifs is 1. The predicted octanol–water partition coefficient (Wildman–Crippen LogP) is 2.04. The Hall–Kier alpha value is -2.11. The first-order valence-electron chi connectivity index (χ1n) is 7.23. The van der Waals surface area contributed by atoms with Gasteiger partial charge in [0.25, 0.3) is 5.89 Å². The second-order valence-corrected chi connectivity index (χ2v) is 6.38. The van der Waals surface area contributed by atoms with Crippen molar-refractivity contribution < 1.29 is 9.21 Å². The molecule has 0 aliphatic carbocycles. The van der Waals surface area contributed by atoms with Crippen molar-refractivity contribution in [2.75, 3.05) is 0 Å². The number of oxazole rings is 1. The number of carbonyl (C=O) groups excluding carboxylic acids is 1. The van der Waals surface area contributed by atoms with Crippen LogP contribution in [0.15, 0.2) is 16.8 Å². The lowest BCUT2D eigenvalue weighted by atomic mass is 9.94. The van der Waals surface area contributed by atoms with E-state index in [1.165, 1.54) is 0 Å². The van der Waals surface area contributed by atoms with E-state index >= 15 is 0 Å². The summed E-state index contributed by atoms with van der Waals surface area (Å²) in [7, 11) is 0. The molecule has 0 saturated heterocycles. The lowest BCUT2D eigenvalue weighted by Crippen LogP contribution is -2.24. The average molecular weight is 288 g/mol. The Labute approximate surface area is 123 Å². The van der Waals surface area contributed by atoms with Gasteiger partial charge in [0, 0.05) is 18.4 Å². The summed E-state index contributed by atoms with van der Waals surface area (Å²) in [5, 5.41) is 2.84. The first-order valence-corrected chi connectivity index (χ1v) is 7.23. The fraction of sp³-hybridized carbons (Fsp3) is 0.533. The molecule has 3 rings (SSSR count). The molecule has 0 saturated carbocycles. The molecule has 0 bridgehead atoms. The highest BCUT2D eigenvalue weighted by atomic mass is 16.4. The van der Waals surface area contributed by atoms with Crippen molar-refractivity contribution in [1.29, 1.82) is 0 Å². The molecule has 1 amide bonds. The number of carbonyl (C=O) groups is 1. The highest BCUT2D eigenvalue weighted by Crippen LogP contribution is 2.22. The van der Waals surface area contributed by atoms with Gasteiger partial charge in [0.1, 0.15) is 11.6 Å². The first kappa shape index (κ1) is 13.9. The van der Waals surface area contributed by atoms with Crippen LogP contribution >= 0.6 is 0 Å². The number of imidazole rings is 1. The van der Waals surface area contributed by atoms with Crippen LogP contribution < -0.4 is 5.32 Å². The Kier molecular flexibility index (Phi) is 3.31. The fourth-order valence-electron chi connectivity index (χ4n) is 2.43. The summed E-state index contributed by atoms with van der Waals surface area (Å²) in [5.74, 6) is 1.63. The van der Waals surface area contributed by atoms with E-state index in [1.807, 2.05) is 27.0 Å². The van der Waals surface area contributed by atoms with Gasteiger partial charge in [-0.2, -0.15) is 0 Å². The molecular weight excluding hydrogens is 268 g/mol. The summed E-state index contributed by atoms with van der Waals surface area (Å²) in [5.41, 5.74) is 0.871. The van der Waals surface area contributed by atoms with Crippen molar-refractivity contribution in [2.24, 2.45) is 0 Å². The maximum atomic E-state index is 12.1. The normalized spacial score (nSPS) is 14.2. The standard InChI is InChI=1S/C15H20N4O2/c1-15(2,3)11-9-18-14(21-11)13(20)17-8-10-7-16-12-5-4-6-19(10)12/h7,9H,4-6,8H2,1-3H3,(H,17,20). The largest absolute Gasteiger partial charge is 0.437 e. The van der Waals surface area contributed by atoms with Crippen molar-refractivity contribution in [3.63, 3.8) is 0 Å². The van der Waals surface area contributed by atoms with Gasteiger partial charge in [-0.05, 0) is 6.42 Å². The highest BCUT2D eigenvalue weighted by molar-refractivity contribution is 5.89. The van der Waals surface area contributed by atoms with Crippen LogP contribution in [0.2, 0.25) is 0 Å². The Morgan fingerprint density at radius 1 is 1.38 bits per heavy atom. The lowest BCUT2D eigenvalue weighted by Gasteiger charge is -2.13. The summed E-state index contributed by atoms with van der Waals surface area (Å²) in [6.07, 6.45) is 5.58. The average Bonchev–Trinajstić information content (AvgIpc) is 3.11. The minimum atomic E-state index is -0.293. The number of aromatic nitrogens is 3. The summed E-state index contributed by atoms with van der Waals surface area (Å²) in [6.45, 7) is 7.48. The summed E-state index contributed by atoms with van der Waals surface area (Å²) >= 11 is 0. The zero-order valence-electron chi connectivity index (χ0n) is 12.6. The molecule has 6 heteroatoms. The number of hydrogen-bond donors (Lipinski definition) is 1. The topological polar surface area (TPSA) is 73.0 Å². The number of rotatable bonds is 3. The van der Waals surface area contributed by atoms with Gasteiger partial charge in [0.15, 0.2) is 0 Å². The van der Waals surface area contributed by atoms with Gasteiger partial charge in [-0.15, -0.1) is 0 Å². The number of nitrogens with one attached hydrogen (secondary N) is 1. The number of nitrogens with zero attached hydrogens (tertiary/aromatic N) is 3. The van der Waals surface area contributed by atoms with Crippen molar-refractivity contribution in [1.82, 2.24) is 19.9 Å². The van der Waals surface area contributed by atoms with Crippen molar-refractivity contribution in [2.45, 2.75) is 52.1 Å². The minimum absolute atomic E-state index is 0.112. The van der Waals surface area contributed by atoms with E-state index < -0.39 is 0 Å². The SMILES string of the molecule is CC(C)(C)c1cnc(C(=O)NCc2cnc3n2CCC3)o1. The molecule has 0 radical (unpaired) electrons. The van der Waals surface area contributed by atoms with Crippen LogP contribution in [0.4, 0.5) is 0 Å². The van der Waals surface area contributed by atoms with Gasteiger partial charge >= 0.3 is 5.91 Å². The van der Waals surface area contributed by atoms with E-state index in [1.54, 1.807) is 6.20 Å². The van der Waals surface area contributed by atoms with Gasteiger partial charge in [-0.1, -0.05) is 20.8 Å². The molecule has 21 heavy (non-hydrogen) atoms. The third-order valence-electron chi connectivity index (χ3n) is 3.67. The second-order valence-electron chi connectivity index (χ2n) is 6.38. The van der Waals surface area contributed by atoms with Crippen LogP contribution in [-0.4, -0.2) is 20.4 Å². The molecule has 3 heterocycles. The number of hydrogen-bond acceptors (Lipinski definition) is 4. The van der Waals surface area contributed by atoms with Gasteiger partial charge in [-0.3, -0.25) is 4.79 Å². The van der Waals surface area contributed by atoms with E-state index in [9.17, 15) is 4.79 Å². The smallest absolute Gasteiger partial charge is 0.307 e. The molecule has 2 aromatic rings. The third kappa shape index (κ3) is 2.70. The van der Waals surface area contributed by atoms with E-state index in [4.69, 9.17) is 4.42 Å². The third-order valence-corrected chi connectivity index (χ3v) is 3.67. The van der Waals surface area contributed by atoms with Crippen LogP contribution in [0.25, 0.3) is 0 Å². The zero-order chi connectivity index (χ0) is 15.0. The summed E-state index contributed by atoms with van der Waals surface area (Å²) < 4.78 is 7.69. The Balaban J connectivity index is 1.65. The van der Waals surface area contributed by atoms with Crippen LogP contribution in [0.3, 0.4) is 0 Å². The van der Waals surface area contributed by atoms with Crippen molar-refractivity contribution >= 4 is 5.91 Å². The molecule has 6 nitrogen and oxygen atoms in total. The number of amides is 1. The molecule has 112 valence electrons. The predicted molar refractivity (Wildman–Crippen MR) is 76.9 cm³/mol. The highest BCUT2D eigenvalue weighted by Gasteiger charge is 2.22. The molecule has 1 aliphatic heterocycles. The fourth-order valence-corrected chi connectivity index (χ4v) is 2.43. The van der Waals surface area contributed by atoms with Crippen LogP contribution in [-0.2, 0) is 24.9 Å². The zero-order valence-corrected chi connectivity index (χ0v) is 12.6. The van der Waals surface area contributed by atoms with Crippen LogP contribution in [0, 0.1) is 0 Å². The molecule has 0 atom stereocenters. The molecule has 0 fully saturated rings. The maximum absolute atomic E-state index is 12.1. The molecule has 0 aromatic carbocycles. The van der Waals surface area contributed by atoms with Gasteiger partial charge in [0.2, 0.25) is 0 Å². The minimum Gasteiger partial charge on any atom is -0.437 e. The first-order chi connectivity index (χ1) is 9.95. The van der Waals surface area contributed by atoms with Gasteiger partial charge in [0.05, 0.1) is 24.6 Å². The van der Waals surface area contributed by atoms with E-state index in [0.717, 1.165) is 30.9 Å². The van der Waals surface area contributed by atoms with E-state index in [-0.39, 0.29) is 17.2 Å². The number of aryl methyl sites for hydroxylation is 1. The Morgan fingerprint density at radius 3 is 2.90 bits per heavy atom. The van der Waals surface area contributed by atoms with Crippen molar-refractivity contribution in [3.8, 4) is 0 Å². The van der Waals surface area contributed by atoms with Gasteiger partial charge < -0.3 is 14.3 Å². The molecular formula is C15H20N4O2. The molecule has 2 aromatic heterocycles. The van der Waals surface area contributed by atoms with Crippen LogP contribution in [0.1, 0.15) is 55.2 Å². The van der Waals surface area contributed by atoms with E-state index in [0.29, 0.717) is 12.3 Å².